The van der Waals surface area contributed by atoms with Crippen LogP contribution in [0, 0.1) is 0 Å². The lowest BCUT2D eigenvalue weighted by atomic mass is 9.95. The highest BCUT2D eigenvalue weighted by Gasteiger charge is 2.22. The van der Waals surface area contributed by atoms with Crippen LogP contribution in [0.2, 0.25) is 0 Å². The normalized spacial score (nSPS) is 14.1. The van der Waals surface area contributed by atoms with Crippen molar-refractivity contribution in [2.45, 2.75) is 18.9 Å². The Balaban J connectivity index is 2.78. The number of hydrogen-bond acceptors (Lipinski definition) is 3. The average molecular weight is 224 g/mol. The molecule has 4 heteroatoms. The minimum Gasteiger partial charge on any atom is -0.450 e. The first kappa shape index (κ1) is 12.5. The predicted molar refractivity (Wildman–Crippen MR) is 59.6 cm³/mol. The summed E-state index contributed by atoms with van der Waals surface area (Å²) in [5.74, 6) is -0.0812. The molecule has 0 aliphatic rings. The Morgan fingerprint density at radius 3 is 2.50 bits per heavy atom. The van der Waals surface area contributed by atoms with E-state index in [0.29, 0.717) is 6.61 Å². The lowest BCUT2D eigenvalue weighted by Gasteiger charge is -2.22. The van der Waals surface area contributed by atoms with Gasteiger partial charge in [-0.15, -0.1) is 0 Å². The summed E-state index contributed by atoms with van der Waals surface area (Å²) in [5, 5.41) is 8.58. The van der Waals surface area contributed by atoms with E-state index >= 15 is 0 Å². The number of methoxy groups -OCH3 is 1. The van der Waals surface area contributed by atoms with E-state index in [0.717, 1.165) is 5.56 Å². The van der Waals surface area contributed by atoms with Crippen LogP contribution in [-0.2, 0) is 9.47 Å². The summed E-state index contributed by atoms with van der Waals surface area (Å²) in [6, 6.07) is 9.60. The van der Waals surface area contributed by atoms with E-state index in [-0.39, 0.29) is 5.92 Å². The number of carbonyl (C=O) groups is 1. The van der Waals surface area contributed by atoms with Gasteiger partial charge in [-0.25, -0.2) is 4.79 Å². The Bertz CT molecular complexity index is 323. The lowest BCUT2D eigenvalue weighted by Crippen LogP contribution is -2.25. The van der Waals surface area contributed by atoms with Crippen LogP contribution in [0.1, 0.15) is 18.4 Å². The zero-order valence-corrected chi connectivity index (χ0v) is 9.42. The molecule has 0 saturated heterocycles. The van der Waals surface area contributed by atoms with Gasteiger partial charge in [0.1, 0.15) is 6.10 Å². The molecule has 1 aromatic rings. The first-order valence-corrected chi connectivity index (χ1v) is 5.08. The molecule has 0 spiro atoms. The van der Waals surface area contributed by atoms with Crippen LogP contribution in [0.5, 0.6) is 0 Å². The lowest BCUT2D eigenvalue weighted by molar-refractivity contribution is 0.0316. The van der Waals surface area contributed by atoms with Crippen molar-refractivity contribution in [3.05, 3.63) is 35.9 Å². The second-order valence-corrected chi connectivity index (χ2v) is 3.56. The molecule has 0 amide bonds. The van der Waals surface area contributed by atoms with Gasteiger partial charge in [0.2, 0.25) is 0 Å². The molecule has 1 aromatic carbocycles. The molecule has 2 unspecified atom stereocenters. The summed E-state index contributed by atoms with van der Waals surface area (Å²) in [6.45, 7) is 2.16. The molecule has 0 fully saturated rings. The summed E-state index contributed by atoms with van der Waals surface area (Å²) >= 11 is 0. The van der Waals surface area contributed by atoms with Gasteiger partial charge in [0.15, 0.2) is 0 Å². The zero-order chi connectivity index (χ0) is 12.0. The van der Waals surface area contributed by atoms with E-state index in [1.54, 1.807) is 14.0 Å². The molecule has 0 bridgehead atoms. The summed E-state index contributed by atoms with van der Waals surface area (Å²) < 4.78 is 9.84. The standard InChI is InChI=1S/C12H16O4/c1-9(16-12(13)14)11(8-15-2)10-6-4-3-5-7-10/h3-7,9,11H,8H2,1-2H3,(H,13,14). The second kappa shape index (κ2) is 6.12. The van der Waals surface area contributed by atoms with E-state index in [4.69, 9.17) is 14.6 Å². The Labute approximate surface area is 94.8 Å². The van der Waals surface area contributed by atoms with Gasteiger partial charge in [-0.05, 0) is 12.5 Å². The largest absolute Gasteiger partial charge is 0.506 e. The number of ether oxygens (including phenoxy) is 2. The maximum Gasteiger partial charge on any atom is 0.506 e. The quantitative estimate of drug-likeness (QED) is 0.781. The maximum absolute atomic E-state index is 10.5. The van der Waals surface area contributed by atoms with Crippen molar-refractivity contribution in [2.24, 2.45) is 0 Å². The first-order valence-electron chi connectivity index (χ1n) is 5.08. The van der Waals surface area contributed by atoms with Gasteiger partial charge in [0.05, 0.1) is 6.61 Å². The minimum absolute atomic E-state index is 0.0812. The molecular formula is C12H16O4. The highest BCUT2D eigenvalue weighted by atomic mass is 16.7. The summed E-state index contributed by atoms with van der Waals surface area (Å²) in [5.41, 5.74) is 1.01. The second-order valence-electron chi connectivity index (χ2n) is 3.56. The third-order valence-electron chi connectivity index (χ3n) is 2.43. The van der Waals surface area contributed by atoms with Gasteiger partial charge in [0.25, 0.3) is 0 Å². The minimum atomic E-state index is -1.26. The molecule has 4 nitrogen and oxygen atoms in total. The maximum atomic E-state index is 10.5. The molecule has 0 heterocycles. The highest BCUT2D eigenvalue weighted by molar-refractivity contribution is 5.57. The summed E-state index contributed by atoms with van der Waals surface area (Å²) in [6.07, 6.45) is -1.69. The molecule has 88 valence electrons. The Hall–Kier alpha value is -1.55. The molecule has 1 rings (SSSR count). The van der Waals surface area contributed by atoms with Crippen LogP contribution in [0.15, 0.2) is 30.3 Å². The van der Waals surface area contributed by atoms with Gasteiger partial charge in [0, 0.05) is 13.0 Å². The smallest absolute Gasteiger partial charge is 0.450 e. The van der Waals surface area contributed by atoms with E-state index in [1.807, 2.05) is 30.3 Å². The fourth-order valence-corrected chi connectivity index (χ4v) is 1.62. The van der Waals surface area contributed by atoms with Gasteiger partial charge in [-0.3, -0.25) is 0 Å². The number of hydrogen-bond donors (Lipinski definition) is 1. The molecule has 0 aromatic heterocycles. The van der Waals surface area contributed by atoms with Crippen LogP contribution in [0.4, 0.5) is 4.79 Å². The topological polar surface area (TPSA) is 55.8 Å². The Morgan fingerprint density at radius 1 is 1.38 bits per heavy atom. The van der Waals surface area contributed by atoms with Crippen LogP contribution in [0.3, 0.4) is 0 Å². The zero-order valence-electron chi connectivity index (χ0n) is 9.42. The van der Waals surface area contributed by atoms with E-state index in [9.17, 15) is 4.79 Å². The molecule has 0 radical (unpaired) electrons. The number of carboxylic acid groups (broad SMARTS) is 1. The SMILES string of the molecule is COCC(c1ccccc1)C(C)OC(=O)O. The summed E-state index contributed by atoms with van der Waals surface area (Å²) in [4.78, 5) is 10.5. The van der Waals surface area contributed by atoms with E-state index in [1.165, 1.54) is 0 Å². The fraction of sp³-hybridized carbons (Fsp3) is 0.417. The van der Waals surface area contributed by atoms with Gasteiger partial charge in [-0.1, -0.05) is 30.3 Å². The van der Waals surface area contributed by atoms with E-state index < -0.39 is 12.3 Å². The highest BCUT2D eigenvalue weighted by Crippen LogP contribution is 2.22. The third kappa shape index (κ3) is 3.55. The van der Waals surface area contributed by atoms with Crippen LogP contribution in [0.25, 0.3) is 0 Å². The predicted octanol–water partition coefficient (Wildman–Crippen LogP) is 2.50. The molecule has 0 aliphatic carbocycles. The van der Waals surface area contributed by atoms with Crippen molar-refractivity contribution in [3.63, 3.8) is 0 Å². The van der Waals surface area contributed by atoms with Gasteiger partial charge >= 0.3 is 6.16 Å². The first-order chi connectivity index (χ1) is 7.65. The van der Waals surface area contributed by atoms with Crippen molar-refractivity contribution >= 4 is 6.16 Å². The third-order valence-corrected chi connectivity index (χ3v) is 2.43. The monoisotopic (exact) mass is 224 g/mol. The van der Waals surface area contributed by atoms with Crippen LogP contribution >= 0.6 is 0 Å². The van der Waals surface area contributed by atoms with Crippen molar-refractivity contribution in [1.29, 1.82) is 0 Å². The molecule has 16 heavy (non-hydrogen) atoms. The molecule has 0 aliphatic heterocycles. The van der Waals surface area contributed by atoms with Gasteiger partial charge in [-0.2, -0.15) is 0 Å². The van der Waals surface area contributed by atoms with E-state index in [2.05, 4.69) is 0 Å². The fourth-order valence-electron chi connectivity index (χ4n) is 1.62. The average Bonchev–Trinajstić information content (AvgIpc) is 2.26. The number of rotatable bonds is 5. The molecule has 1 N–H and O–H groups in total. The number of benzene rings is 1. The van der Waals surface area contributed by atoms with Crippen molar-refractivity contribution in [3.8, 4) is 0 Å². The summed E-state index contributed by atoms with van der Waals surface area (Å²) in [7, 11) is 1.59. The molecular weight excluding hydrogens is 208 g/mol. The van der Waals surface area contributed by atoms with Gasteiger partial charge < -0.3 is 14.6 Å². The van der Waals surface area contributed by atoms with Crippen molar-refractivity contribution < 1.29 is 19.4 Å². The Kier molecular flexibility index (Phi) is 4.79. The van der Waals surface area contributed by atoms with Crippen molar-refractivity contribution in [2.75, 3.05) is 13.7 Å². The van der Waals surface area contributed by atoms with Crippen molar-refractivity contribution in [1.82, 2.24) is 0 Å². The Morgan fingerprint density at radius 2 is 2.00 bits per heavy atom. The molecule has 0 saturated carbocycles. The van der Waals surface area contributed by atoms with Crippen LogP contribution in [-0.4, -0.2) is 31.1 Å². The molecule has 2 atom stereocenters. The van der Waals surface area contributed by atoms with Crippen LogP contribution < -0.4 is 0 Å².